The zero-order valence-electron chi connectivity index (χ0n) is 9.72. The Kier molecular flexibility index (Phi) is 3.35. The molecule has 0 spiro atoms. The van der Waals surface area contributed by atoms with E-state index in [0.29, 0.717) is 16.3 Å². The van der Waals surface area contributed by atoms with Gasteiger partial charge in [-0.2, -0.15) is 0 Å². The molecule has 2 heterocycles. The first kappa shape index (κ1) is 12.8. The number of hydrogen-bond donors (Lipinski definition) is 1. The molecule has 1 atom stereocenters. The summed E-state index contributed by atoms with van der Waals surface area (Å²) in [6, 6.07) is 0.614. The van der Waals surface area contributed by atoms with Crippen LogP contribution in [0.4, 0.5) is 0 Å². The van der Waals surface area contributed by atoms with Gasteiger partial charge in [-0.05, 0) is 0 Å². The number of halogens is 2. The number of aliphatic hydroxyl groups excluding tert-OH is 1. The molecule has 0 bridgehead atoms. The van der Waals surface area contributed by atoms with Crippen LogP contribution < -0.4 is 0 Å². The van der Waals surface area contributed by atoms with Crippen LogP contribution in [0.15, 0.2) is 10.6 Å². The molecule has 0 saturated heterocycles. The first-order chi connectivity index (χ1) is 8.58. The fourth-order valence-electron chi connectivity index (χ4n) is 2.00. The maximum absolute atomic E-state index is 10.4. The third-order valence-corrected chi connectivity index (χ3v) is 4.81. The second kappa shape index (κ2) is 4.71. The number of nitrogens with zero attached hydrogens (tertiary/aromatic N) is 4. The summed E-state index contributed by atoms with van der Waals surface area (Å²) in [6.07, 6.45) is 1.73. The molecule has 0 radical (unpaired) electrons. The molecule has 8 heteroatoms. The number of rotatable bonds is 3. The Labute approximate surface area is 127 Å². The van der Waals surface area contributed by atoms with Crippen LogP contribution >= 0.6 is 38.5 Å². The van der Waals surface area contributed by atoms with Gasteiger partial charge in [-0.1, -0.05) is 0 Å². The standard InChI is InChI=1S/C10H11BBrIN4O/c1-16-14-7(9(12)15-16)8(18)6-4-11-17(10(6)13)5-2-3-5/h4-5,8,18H,2-3H2,1H3. The van der Waals surface area contributed by atoms with Crippen molar-refractivity contribution in [3.63, 3.8) is 0 Å². The summed E-state index contributed by atoms with van der Waals surface area (Å²) in [4.78, 5) is 1.45. The maximum atomic E-state index is 10.4. The molecule has 5 nitrogen and oxygen atoms in total. The van der Waals surface area contributed by atoms with Crippen LogP contribution in [0.2, 0.25) is 0 Å². The van der Waals surface area contributed by atoms with Gasteiger partial charge in [0.15, 0.2) is 0 Å². The van der Waals surface area contributed by atoms with Crippen molar-refractivity contribution >= 4 is 45.6 Å². The molecule has 1 unspecified atom stereocenters. The topological polar surface area (TPSA) is 55.9 Å². The molecule has 0 aromatic carbocycles. The molecule has 2 aromatic heterocycles. The molecule has 1 saturated carbocycles. The van der Waals surface area contributed by atoms with Crippen molar-refractivity contribution in [1.29, 1.82) is 0 Å². The fraction of sp³-hybridized carbons (Fsp3) is 0.500. The van der Waals surface area contributed by atoms with Gasteiger partial charge in [0, 0.05) is 0 Å². The van der Waals surface area contributed by atoms with Crippen LogP contribution in [0.1, 0.15) is 36.2 Å². The SMILES string of the molecule is Cn1nc(Br)c(C(O)c2cbn(C3CC3)c2I)n1. The van der Waals surface area contributed by atoms with Gasteiger partial charge >= 0.3 is 128 Å². The van der Waals surface area contributed by atoms with Crippen LogP contribution in [0.25, 0.3) is 0 Å². The summed E-state index contributed by atoms with van der Waals surface area (Å²) in [5, 5.41) is 18.7. The number of aromatic nitrogens is 4. The van der Waals surface area contributed by atoms with Gasteiger partial charge in [-0.25, -0.2) is 0 Å². The molecular formula is C10H11BBrIN4O. The van der Waals surface area contributed by atoms with Crippen molar-refractivity contribution in [2.75, 3.05) is 0 Å². The molecule has 0 amide bonds. The van der Waals surface area contributed by atoms with Crippen molar-refractivity contribution in [3.05, 3.63) is 25.5 Å². The average Bonchev–Trinajstić information content (AvgIpc) is 3.01. The zero-order valence-corrected chi connectivity index (χ0v) is 13.5. The molecule has 2 aromatic rings. The van der Waals surface area contributed by atoms with Crippen molar-refractivity contribution < 1.29 is 5.11 Å². The second-order valence-corrected chi connectivity index (χ2v) is 6.24. The second-order valence-electron chi connectivity index (χ2n) is 4.47. The Morgan fingerprint density at radius 3 is 2.83 bits per heavy atom. The van der Waals surface area contributed by atoms with Crippen LogP contribution in [0, 0.1) is 3.70 Å². The Morgan fingerprint density at radius 1 is 1.56 bits per heavy atom. The van der Waals surface area contributed by atoms with Gasteiger partial charge in [0.25, 0.3) is 0 Å². The molecule has 94 valence electrons. The minimum atomic E-state index is -0.736. The van der Waals surface area contributed by atoms with E-state index in [1.165, 1.54) is 17.6 Å². The van der Waals surface area contributed by atoms with E-state index >= 15 is 0 Å². The van der Waals surface area contributed by atoms with Gasteiger partial charge in [-0.3, -0.25) is 0 Å². The van der Waals surface area contributed by atoms with Crippen molar-refractivity contribution in [2.45, 2.75) is 25.0 Å². The fourth-order valence-corrected chi connectivity index (χ4v) is 3.55. The Morgan fingerprint density at radius 2 is 2.28 bits per heavy atom. The summed E-state index contributed by atoms with van der Waals surface area (Å²) in [7, 11) is 3.78. The summed E-state index contributed by atoms with van der Waals surface area (Å²) in [5.41, 5.74) is 1.45. The molecule has 1 aliphatic rings. The molecule has 18 heavy (non-hydrogen) atoms. The quantitative estimate of drug-likeness (QED) is 0.770. The number of aryl methyl sites for hydroxylation is 1. The Hall–Kier alpha value is -0.215. The average molecular weight is 421 g/mol. The number of aliphatic hydroxyl groups is 1. The van der Waals surface area contributed by atoms with Gasteiger partial charge in [-0.15, -0.1) is 0 Å². The minimum absolute atomic E-state index is 0.559. The predicted molar refractivity (Wildman–Crippen MR) is 79.5 cm³/mol. The molecule has 3 rings (SSSR count). The predicted octanol–water partition coefficient (Wildman–Crippen LogP) is 1.74. The summed E-state index contributed by atoms with van der Waals surface area (Å²) in [5.74, 6) is 1.96. The molecule has 1 N–H and O–H groups in total. The van der Waals surface area contributed by atoms with Gasteiger partial charge < -0.3 is 0 Å². The third kappa shape index (κ3) is 2.18. The van der Waals surface area contributed by atoms with E-state index in [2.05, 4.69) is 53.2 Å². The van der Waals surface area contributed by atoms with E-state index in [-0.39, 0.29) is 0 Å². The van der Waals surface area contributed by atoms with Crippen LogP contribution in [0.5, 0.6) is 0 Å². The Bertz CT molecular complexity index is 595. The zero-order chi connectivity index (χ0) is 12.9. The summed E-state index contributed by atoms with van der Waals surface area (Å²) >= 11 is 5.61. The Balaban J connectivity index is 1.96. The van der Waals surface area contributed by atoms with Gasteiger partial charge in [0.2, 0.25) is 0 Å². The number of hydrogen-bond acceptors (Lipinski definition) is 3. The molecule has 1 aliphatic carbocycles. The van der Waals surface area contributed by atoms with Crippen molar-refractivity contribution in [3.8, 4) is 0 Å². The van der Waals surface area contributed by atoms with Crippen LogP contribution in [-0.2, 0) is 7.05 Å². The summed E-state index contributed by atoms with van der Waals surface area (Å²) < 4.78 is 3.90. The van der Waals surface area contributed by atoms with E-state index in [0.717, 1.165) is 9.26 Å². The third-order valence-electron chi connectivity index (χ3n) is 3.07. The van der Waals surface area contributed by atoms with Crippen LogP contribution in [0.3, 0.4) is 0 Å². The van der Waals surface area contributed by atoms with E-state index in [1.54, 1.807) is 7.05 Å². The van der Waals surface area contributed by atoms with Crippen LogP contribution in [-0.4, -0.2) is 31.6 Å². The first-order valence-electron chi connectivity index (χ1n) is 5.69. The van der Waals surface area contributed by atoms with Gasteiger partial charge in [0.1, 0.15) is 0 Å². The molecule has 1 fully saturated rings. The first-order valence-corrected chi connectivity index (χ1v) is 7.56. The van der Waals surface area contributed by atoms with E-state index in [9.17, 15) is 5.11 Å². The van der Waals surface area contributed by atoms with Gasteiger partial charge in [0.05, 0.1) is 0 Å². The van der Waals surface area contributed by atoms with Crippen molar-refractivity contribution in [1.82, 2.24) is 19.5 Å². The summed E-state index contributed by atoms with van der Waals surface area (Å²) in [6.45, 7) is 0. The van der Waals surface area contributed by atoms with E-state index < -0.39 is 6.10 Å². The monoisotopic (exact) mass is 420 g/mol. The molecule has 0 aliphatic heterocycles. The van der Waals surface area contributed by atoms with E-state index in [4.69, 9.17) is 0 Å². The van der Waals surface area contributed by atoms with Crippen molar-refractivity contribution in [2.24, 2.45) is 7.05 Å². The van der Waals surface area contributed by atoms with E-state index in [1.807, 2.05) is 13.0 Å². The normalized spacial score (nSPS) is 16.9. The molecular weight excluding hydrogens is 410 g/mol.